The summed E-state index contributed by atoms with van der Waals surface area (Å²) in [6.07, 6.45) is -0.0453. The van der Waals surface area contributed by atoms with E-state index in [0.29, 0.717) is 17.5 Å². The average molecular weight is 245 g/mol. The molecule has 0 spiro atoms. The number of nitrogens with one attached hydrogen (secondary N) is 1. The third-order valence-corrected chi connectivity index (χ3v) is 2.53. The van der Waals surface area contributed by atoms with Gasteiger partial charge in [0.15, 0.2) is 12.1 Å². The van der Waals surface area contributed by atoms with Gasteiger partial charge in [-0.15, -0.1) is 0 Å². The van der Waals surface area contributed by atoms with Crippen molar-refractivity contribution >= 4 is 22.4 Å². The summed E-state index contributed by atoms with van der Waals surface area (Å²) < 4.78 is 14.1. The van der Waals surface area contributed by atoms with Crippen LogP contribution in [0.5, 0.6) is 0 Å². The Morgan fingerprint density at radius 3 is 2.75 bits per heavy atom. The van der Waals surface area contributed by atoms with E-state index in [-0.39, 0.29) is 18.5 Å². The fourth-order valence-corrected chi connectivity index (χ4v) is 1.65. The number of carbonyl (C=O) groups excluding carboxylic acids is 1. The van der Waals surface area contributed by atoms with Crippen molar-refractivity contribution in [3.63, 3.8) is 0 Å². The molecule has 0 aromatic carbocycles. The molecule has 1 rings (SSSR count). The van der Waals surface area contributed by atoms with Gasteiger partial charge in [0, 0.05) is 25.8 Å². The van der Waals surface area contributed by atoms with Gasteiger partial charge in [0.1, 0.15) is 5.78 Å². The first kappa shape index (κ1) is 13.0. The van der Waals surface area contributed by atoms with E-state index in [0.717, 1.165) is 0 Å². The Morgan fingerprint density at radius 2 is 2.19 bits per heavy atom. The topological polar surface area (TPSA) is 73.3 Å². The number of aromatic nitrogens is 2. The summed E-state index contributed by atoms with van der Waals surface area (Å²) in [6, 6.07) is 0. The molecule has 6 nitrogen and oxygen atoms in total. The van der Waals surface area contributed by atoms with Crippen molar-refractivity contribution in [3.05, 3.63) is 5.82 Å². The third kappa shape index (κ3) is 4.21. The summed E-state index contributed by atoms with van der Waals surface area (Å²) in [5.41, 5.74) is 0. The van der Waals surface area contributed by atoms with E-state index in [1.807, 2.05) is 0 Å². The Balaban J connectivity index is 2.42. The molecule has 0 saturated carbocycles. The number of anilines is 1. The predicted molar refractivity (Wildman–Crippen MR) is 60.6 cm³/mol. The highest BCUT2D eigenvalue weighted by atomic mass is 32.1. The lowest BCUT2D eigenvalue weighted by molar-refractivity contribution is -0.116. The van der Waals surface area contributed by atoms with Crippen LogP contribution in [0, 0.1) is 0 Å². The van der Waals surface area contributed by atoms with Crippen molar-refractivity contribution < 1.29 is 14.3 Å². The van der Waals surface area contributed by atoms with Crippen LogP contribution in [-0.2, 0) is 20.7 Å². The van der Waals surface area contributed by atoms with Crippen molar-refractivity contribution in [3.8, 4) is 0 Å². The van der Waals surface area contributed by atoms with Crippen molar-refractivity contribution in [2.75, 3.05) is 26.1 Å². The lowest BCUT2D eigenvalue weighted by atomic mass is 10.3. The van der Waals surface area contributed by atoms with Gasteiger partial charge < -0.3 is 14.8 Å². The fraction of sp³-hybridized carbons (Fsp3) is 0.667. The maximum absolute atomic E-state index is 10.8. The molecule has 0 amide bonds. The highest BCUT2D eigenvalue weighted by molar-refractivity contribution is 7.09. The first-order chi connectivity index (χ1) is 7.65. The van der Waals surface area contributed by atoms with Gasteiger partial charge in [-0.1, -0.05) is 0 Å². The summed E-state index contributed by atoms with van der Waals surface area (Å²) in [5, 5.41) is 3.69. The molecule has 7 heteroatoms. The maximum Gasteiger partial charge on any atom is 0.202 e. The molecular formula is C9H15N3O3S. The van der Waals surface area contributed by atoms with Crippen LogP contribution >= 0.6 is 11.5 Å². The van der Waals surface area contributed by atoms with E-state index >= 15 is 0 Å². The molecule has 0 aliphatic heterocycles. The Morgan fingerprint density at radius 1 is 1.50 bits per heavy atom. The summed E-state index contributed by atoms with van der Waals surface area (Å²) in [7, 11) is 3.13. The summed E-state index contributed by atoms with van der Waals surface area (Å²) in [5.74, 6) is 0.599. The van der Waals surface area contributed by atoms with Gasteiger partial charge in [0.25, 0.3) is 0 Å². The minimum Gasteiger partial charge on any atom is -0.355 e. The largest absolute Gasteiger partial charge is 0.355 e. The van der Waals surface area contributed by atoms with Crippen LogP contribution in [0.1, 0.15) is 12.7 Å². The number of ketones is 1. The number of hydrogen-bond acceptors (Lipinski definition) is 7. The monoisotopic (exact) mass is 245 g/mol. The molecule has 90 valence electrons. The molecular weight excluding hydrogens is 230 g/mol. The van der Waals surface area contributed by atoms with Gasteiger partial charge in [0.2, 0.25) is 5.13 Å². The molecule has 1 N–H and O–H groups in total. The molecule has 0 aliphatic rings. The Labute approximate surface area is 98.1 Å². The molecule has 0 fully saturated rings. The van der Waals surface area contributed by atoms with Gasteiger partial charge >= 0.3 is 0 Å². The van der Waals surface area contributed by atoms with Crippen molar-refractivity contribution in [2.45, 2.75) is 19.6 Å². The number of Topliss-reactive ketones (excluding diaryl/α,β-unsaturated/α-hetero) is 1. The zero-order chi connectivity index (χ0) is 12.0. The second kappa shape index (κ2) is 6.51. The van der Waals surface area contributed by atoms with E-state index in [9.17, 15) is 4.79 Å². The zero-order valence-electron chi connectivity index (χ0n) is 9.52. The van der Waals surface area contributed by atoms with Crippen LogP contribution in [0.15, 0.2) is 0 Å². The van der Waals surface area contributed by atoms with E-state index in [2.05, 4.69) is 14.7 Å². The van der Waals surface area contributed by atoms with Crippen LogP contribution in [0.2, 0.25) is 0 Å². The normalized spacial score (nSPS) is 10.8. The molecule has 1 aromatic heterocycles. The second-order valence-corrected chi connectivity index (χ2v) is 3.93. The molecule has 1 aromatic rings. The first-order valence-corrected chi connectivity index (χ1v) is 5.54. The SMILES string of the molecule is COC(CNc1nc(CC(C)=O)ns1)OC. The van der Waals surface area contributed by atoms with E-state index < -0.39 is 0 Å². The number of carbonyl (C=O) groups is 1. The molecule has 0 atom stereocenters. The number of ether oxygens (including phenoxy) is 2. The molecule has 0 aliphatic carbocycles. The Hall–Kier alpha value is -1.05. The van der Waals surface area contributed by atoms with Crippen LogP contribution in [0.4, 0.5) is 5.13 Å². The zero-order valence-corrected chi connectivity index (χ0v) is 10.3. The Kier molecular flexibility index (Phi) is 5.30. The number of rotatable bonds is 7. The van der Waals surface area contributed by atoms with Crippen molar-refractivity contribution in [1.29, 1.82) is 0 Å². The van der Waals surface area contributed by atoms with E-state index in [1.54, 1.807) is 14.2 Å². The summed E-state index contributed by atoms with van der Waals surface area (Å²) in [4.78, 5) is 15.0. The highest BCUT2D eigenvalue weighted by Crippen LogP contribution is 2.11. The number of hydrogen-bond donors (Lipinski definition) is 1. The van der Waals surface area contributed by atoms with Gasteiger partial charge in [-0.3, -0.25) is 4.79 Å². The van der Waals surface area contributed by atoms with Crippen LogP contribution in [0.25, 0.3) is 0 Å². The summed E-state index contributed by atoms with van der Waals surface area (Å²) >= 11 is 1.22. The number of methoxy groups -OCH3 is 2. The van der Waals surface area contributed by atoms with Gasteiger partial charge in [-0.2, -0.15) is 4.37 Å². The summed E-state index contributed by atoms with van der Waals surface area (Å²) in [6.45, 7) is 2.00. The minimum absolute atomic E-state index is 0.0519. The fourth-order valence-electron chi connectivity index (χ4n) is 1.05. The minimum atomic E-state index is -0.319. The smallest absolute Gasteiger partial charge is 0.202 e. The molecule has 16 heavy (non-hydrogen) atoms. The van der Waals surface area contributed by atoms with Crippen LogP contribution < -0.4 is 5.32 Å². The molecule has 0 unspecified atom stereocenters. The molecule has 0 saturated heterocycles. The quantitative estimate of drug-likeness (QED) is 0.713. The van der Waals surface area contributed by atoms with E-state index in [1.165, 1.54) is 18.5 Å². The molecule has 0 radical (unpaired) electrons. The van der Waals surface area contributed by atoms with Crippen molar-refractivity contribution in [1.82, 2.24) is 9.36 Å². The van der Waals surface area contributed by atoms with Crippen molar-refractivity contribution in [2.24, 2.45) is 0 Å². The molecule has 1 heterocycles. The van der Waals surface area contributed by atoms with Gasteiger partial charge in [0.05, 0.1) is 13.0 Å². The average Bonchev–Trinajstić information content (AvgIpc) is 2.66. The third-order valence-electron chi connectivity index (χ3n) is 1.82. The Bertz CT molecular complexity index is 338. The van der Waals surface area contributed by atoms with Crippen LogP contribution in [-0.4, -0.2) is 42.2 Å². The highest BCUT2D eigenvalue weighted by Gasteiger charge is 2.08. The lowest BCUT2D eigenvalue weighted by Crippen LogP contribution is -2.23. The number of nitrogens with zero attached hydrogens (tertiary/aromatic N) is 2. The second-order valence-electron chi connectivity index (χ2n) is 3.18. The first-order valence-electron chi connectivity index (χ1n) is 4.77. The molecule has 0 bridgehead atoms. The van der Waals surface area contributed by atoms with Gasteiger partial charge in [-0.05, 0) is 6.92 Å². The van der Waals surface area contributed by atoms with E-state index in [4.69, 9.17) is 9.47 Å². The lowest BCUT2D eigenvalue weighted by Gasteiger charge is -2.12. The standard InChI is InChI=1S/C9H15N3O3S/c1-6(13)4-7-11-9(16-12-7)10-5-8(14-2)15-3/h8H,4-5H2,1-3H3,(H,10,11,12). The van der Waals surface area contributed by atoms with Gasteiger partial charge in [-0.25, -0.2) is 4.98 Å². The maximum atomic E-state index is 10.8. The predicted octanol–water partition coefficient (Wildman–Crippen LogP) is 0.700. The van der Waals surface area contributed by atoms with Crippen LogP contribution in [0.3, 0.4) is 0 Å².